The number of carbonyl (C=O) groups excluding carboxylic acids is 2. The predicted molar refractivity (Wildman–Crippen MR) is 93.8 cm³/mol. The molecule has 1 heterocycles. The van der Waals surface area contributed by atoms with E-state index < -0.39 is 0 Å². The summed E-state index contributed by atoms with van der Waals surface area (Å²) in [6, 6.07) is 0.0321. The maximum atomic E-state index is 12.6. The number of hydrogen-bond acceptors (Lipinski definition) is 4. The number of likely N-dealkylation sites (tertiary alicyclic amines) is 1. The van der Waals surface area contributed by atoms with E-state index in [1.54, 1.807) is 35.9 Å². The molecule has 130 valence electrons. The Labute approximate surface area is 143 Å². The summed E-state index contributed by atoms with van der Waals surface area (Å²) in [5, 5.41) is 0. The Bertz CT molecular complexity index is 605. The number of amides is 2. The van der Waals surface area contributed by atoms with E-state index in [0.29, 0.717) is 31.6 Å². The third-order valence-electron chi connectivity index (χ3n) is 4.16. The molecule has 6 heteroatoms. The Kier molecular flexibility index (Phi) is 7.12. The number of methoxy groups -OCH3 is 1. The zero-order valence-electron chi connectivity index (χ0n) is 14.5. The van der Waals surface area contributed by atoms with Crippen molar-refractivity contribution < 1.29 is 14.3 Å². The second kappa shape index (κ2) is 8.82. The normalized spacial score (nSPS) is 16.3. The summed E-state index contributed by atoms with van der Waals surface area (Å²) in [7, 11) is 3.09. The lowest BCUT2D eigenvalue weighted by molar-refractivity contribution is -0.128. The van der Waals surface area contributed by atoms with E-state index in [9.17, 15) is 9.59 Å². The quantitative estimate of drug-likeness (QED) is 0.483. The Balaban J connectivity index is 2.75. The third-order valence-corrected chi connectivity index (χ3v) is 4.16. The summed E-state index contributed by atoms with van der Waals surface area (Å²) in [5.74, 6) is 2.20. The predicted octanol–water partition coefficient (Wildman–Crippen LogP) is 1.65. The lowest BCUT2D eigenvalue weighted by atomic mass is 10.0. The Hall–Kier alpha value is -2.68. The first-order valence-corrected chi connectivity index (χ1v) is 7.71. The van der Waals surface area contributed by atoms with E-state index >= 15 is 0 Å². The number of piperidine rings is 1. The fraction of sp³-hybridized carbons (Fsp3) is 0.444. The molecule has 0 atom stereocenters. The van der Waals surface area contributed by atoms with Crippen molar-refractivity contribution in [1.29, 1.82) is 0 Å². The lowest BCUT2D eigenvalue weighted by Gasteiger charge is -2.36. The van der Waals surface area contributed by atoms with Gasteiger partial charge in [0.1, 0.15) is 0 Å². The largest absolute Gasteiger partial charge is 0.453 e. The lowest BCUT2D eigenvalue weighted by Crippen LogP contribution is -2.47. The molecule has 0 aliphatic carbocycles. The van der Waals surface area contributed by atoms with Gasteiger partial charge in [0.15, 0.2) is 0 Å². The van der Waals surface area contributed by atoms with Gasteiger partial charge in [0.25, 0.3) is 5.91 Å². The van der Waals surface area contributed by atoms with Crippen LogP contribution in [-0.2, 0) is 9.53 Å². The molecule has 1 aliphatic heterocycles. The van der Waals surface area contributed by atoms with Crippen LogP contribution in [0.1, 0.15) is 19.8 Å². The van der Waals surface area contributed by atoms with Gasteiger partial charge in [-0.25, -0.2) is 4.79 Å². The van der Waals surface area contributed by atoms with Crippen molar-refractivity contribution in [2.45, 2.75) is 25.8 Å². The Morgan fingerprint density at radius 2 is 1.96 bits per heavy atom. The van der Waals surface area contributed by atoms with Crippen LogP contribution in [0.4, 0.5) is 4.79 Å². The van der Waals surface area contributed by atoms with Gasteiger partial charge in [-0.05, 0) is 31.4 Å². The molecule has 0 radical (unpaired) electrons. The van der Waals surface area contributed by atoms with Crippen LogP contribution in [0.2, 0.25) is 0 Å². The van der Waals surface area contributed by atoms with E-state index in [4.69, 9.17) is 16.9 Å². The summed E-state index contributed by atoms with van der Waals surface area (Å²) < 4.78 is 4.71. The first-order chi connectivity index (χ1) is 11.3. The van der Waals surface area contributed by atoms with Crippen molar-refractivity contribution in [2.24, 2.45) is 5.73 Å². The molecule has 2 amide bonds. The Morgan fingerprint density at radius 1 is 1.38 bits per heavy atom. The van der Waals surface area contributed by atoms with Gasteiger partial charge in [0, 0.05) is 31.9 Å². The zero-order valence-corrected chi connectivity index (χ0v) is 14.5. The smallest absolute Gasteiger partial charge is 0.409 e. The van der Waals surface area contributed by atoms with Crippen molar-refractivity contribution in [3.05, 3.63) is 35.6 Å². The Morgan fingerprint density at radius 3 is 2.42 bits per heavy atom. The van der Waals surface area contributed by atoms with E-state index in [-0.39, 0.29) is 23.6 Å². The zero-order chi connectivity index (χ0) is 18.3. The minimum Gasteiger partial charge on any atom is -0.453 e. The number of allylic oxidation sites excluding steroid dienone is 3. The molecular weight excluding hydrogens is 306 g/mol. The minimum absolute atomic E-state index is 0.0321. The summed E-state index contributed by atoms with van der Waals surface area (Å²) in [6.07, 6.45) is 9.76. The van der Waals surface area contributed by atoms with Crippen LogP contribution in [0, 0.1) is 12.3 Å². The minimum atomic E-state index is -0.339. The number of likely N-dealkylation sites (N-methyl/N-ethyl adjacent to an activating group) is 1. The number of nitrogens with two attached hydrogens (primary N) is 1. The van der Waals surface area contributed by atoms with Gasteiger partial charge in [-0.15, -0.1) is 6.42 Å². The van der Waals surface area contributed by atoms with Crippen LogP contribution in [0.5, 0.6) is 0 Å². The summed E-state index contributed by atoms with van der Waals surface area (Å²) in [6.45, 7) is 6.53. The summed E-state index contributed by atoms with van der Waals surface area (Å²) in [4.78, 5) is 27.3. The maximum absolute atomic E-state index is 12.6. The molecule has 0 aromatic heterocycles. The second-order valence-electron chi connectivity index (χ2n) is 5.70. The molecular formula is C18H25N3O3. The van der Waals surface area contributed by atoms with Crippen molar-refractivity contribution in [3.63, 3.8) is 0 Å². The fourth-order valence-corrected chi connectivity index (χ4v) is 2.42. The highest BCUT2D eigenvalue weighted by Crippen LogP contribution is 2.18. The molecule has 24 heavy (non-hydrogen) atoms. The molecule has 0 unspecified atom stereocenters. The van der Waals surface area contributed by atoms with Crippen LogP contribution in [-0.4, -0.2) is 55.1 Å². The van der Waals surface area contributed by atoms with Crippen LogP contribution < -0.4 is 5.73 Å². The average Bonchev–Trinajstić information content (AvgIpc) is 2.60. The highest BCUT2D eigenvalue weighted by atomic mass is 16.5. The summed E-state index contributed by atoms with van der Waals surface area (Å²) >= 11 is 0. The molecule has 1 rings (SSSR count). The first kappa shape index (κ1) is 19.4. The third kappa shape index (κ3) is 4.92. The van der Waals surface area contributed by atoms with Gasteiger partial charge in [0.2, 0.25) is 0 Å². The molecule has 0 bridgehead atoms. The van der Waals surface area contributed by atoms with Crippen LogP contribution >= 0.6 is 0 Å². The van der Waals surface area contributed by atoms with Gasteiger partial charge in [-0.3, -0.25) is 4.79 Å². The van der Waals surface area contributed by atoms with Crippen molar-refractivity contribution in [3.8, 4) is 12.3 Å². The van der Waals surface area contributed by atoms with Crippen molar-refractivity contribution >= 4 is 12.0 Å². The van der Waals surface area contributed by atoms with Gasteiger partial charge in [-0.1, -0.05) is 18.6 Å². The standard InChI is InChI=1S/C18H25N3O3/c1-6-15(8-7-13(2)14(3)19)17(22)20(4)16-9-11-21(12-10-16)18(23)24-5/h1,7-8,16H,3,9-12,19H2,2,4-5H3/b13-7+,15-8+. The topological polar surface area (TPSA) is 75.9 Å². The van der Waals surface area contributed by atoms with Crippen LogP contribution in [0.3, 0.4) is 0 Å². The molecule has 0 spiro atoms. The van der Waals surface area contributed by atoms with Gasteiger partial charge < -0.3 is 20.3 Å². The maximum Gasteiger partial charge on any atom is 0.409 e. The molecule has 1 fully saturated rings. The SMILES string of the molecule is C#C/C(=C\C=C(/C)C(=C)N)C(=O)N(C)C1CCN(C(=O)OC)CC1. The number of rotatable bonds is 4. The van der Waals surface area contributed by atoms with Crippen LogP contribution in [0.15, 0.2) is 35.6 Å². The summed E-state index contributed by atoms with van der Waals surface area (Å²) in [5.41, 5.74) is 7.03. The molecule has 6 nitrogen and oxygen atoms in total. The monoisotopic (exact) mass is 331 g/mol. The van der Waals surface area contributed by atoms with Crippen molar-refractivity contribution in [2.75, 3.05) is 27.2 Å². The van der Waals surface area contributed by atoms with E-state index in [0.717, 1.165) is 5.57 Å². The number of ether oxygens (including phenoxy) is 1. The molecule has 0 saturated carbocycles. The first-order valence-electron chi connectivity index (χ1n) is 7.71. The molecule has 1 aliphatic rings. The highest BCUT2D eigenvalue weighted by molar-refractivity contribution is 5.98. The average molecular weight is 331 g/mol. The molecule has 1 saturated heterocycles. The van der Waals surface area contributed by atoms with E-state index in [1.807, 2.05) is 0 Å². The number of hydrogen-bond donors (Lipinski definition) is 1. The molecule has 0 aromatic carbocycles. The van der Waals surface area contributed by atoms with E-state index in [2.05, 4.69) is 12.5 Å². The van der Waals surface area contributed by atoms with Crippen molar-refractivity contribution in [1.82, 2.24) is 9.80 Å². The second-order valence-corrected chi connectivity index (χ2v) is 5.70. The van der Waals surface area contributed by atoms with Gasteiger partial charge in [-0.2, -0.15) is 0 Å². The van der Waals surface area contributed by atoms with Gasteiger partial charge in [0.05, 0.1) is 12.7 Å². The van der Waals surface area contributed by atoms with E-state index in [1.165, 1.54) is 7.11 Å². The van der Waals surface area contributed by atoms with Crippen LogP contribution in [0.25, 0.3) is 0 Å². The van der Waals surface area contributed by atoms with Gasteiger partial charge >= 0.3 is 6.09 Å². The highest BCUT2D eigenvalue weighted by Gasteiger charge is 2.28. The fourth-order valence-electron chi connectivity index (χ4n) is 2.42. The number of carbonyl (C=O) groups is 2. The molecule has 0 aromatic rings. The molecule has 2 N–H and O–H groups in total. The number of nitrogens with zero attached hydrogens (tertiary/aromatic N) is 2. The number of terminal acetylenes is 1.